The maximum absolute atomic E-state index is 11.4. The van der Waals surface area contributed by atoms with Crippen molar-refractivity contribution in [1.29, 1.82) is 5.26 Å². The third-order valence-electron chi connectivity index (χ3n) is 2.16. The first-order valence-corrected chi connectivity index (χ1v) is 4.74. The molecule has 1 N–H and O–H groups in total. The van der Waals surface area contributed by atoms with Gasteiger partial charge in [-0.25, -0.2) is 4.79 Å². The lowest BCUT2D eigenvalue weighted by Crippen LogP contribution is -2.42. The van der Waals surface area contributed by atoms with E-state index in [0.29, 0.717) is 13.0 Å². The number of urea groups is 1. The zero-order valence-electron chi connectivity index (χ0n) is 7.75. The van der Waals surface area contributed by atoms with Crippen molar-refractivity contribution < 1.29 is 4.79 Å². The number of hydrogen-bond acceptors (Lipinski definition) is 2. The summed E-state index contributed by atoms with van der Waals surface area (Å²) in [6, 6.07) is 1.97. The summed E-state index contributed by atoms with van der Waals surface area (Å²) in [6.45, 7) is 2.18. The molecule has 1 aliphatic rings. The SMILES string of the molecule is N#CCCNC(=O)N1CCCCC1. The quantitative estimate of drug-likeness (QED) is 0.648. The second-order valence-electron chi connectivity index (χ2n) is 3.19. The van der Waals surface area contributed by atoms with Gasteiger partial charge in [0.1, 0.15) is 0 Å². The van der Waals surface area contributed by atoms with E-state index in [1.165, 1.54) is 6.42 Å². The van der Waals surface area contributed by atoms with Crippen LogP contribution in [0.3, 0.4) is 0 Å². The topological polar surface area (TPSA) is 56.1 Å². The molecule has 0 spiro atoms. The lowest BCUT2D eigenvalue weighted by molar-refractivity contribution is 0.187. The number of nitrogens with one attached hydrogen (secondary N) is 1. The first kappa shape index (κ1) is 9.85. The molecule has 0 aromatic rings. The second kappa shape index (κ2) is 5.41. The number of nitriles is 1. The molecule has 0 radical (unpaired) electrons. The van der Waals surface area contributed by atoms with Gasteiger partial charge in [-0.1, -0.05) is 0 Å². The van der Waals surface area contributed by atoms with Crippen LogP contribution < -0.4 is 5.32 Å². The molecule has 1 fully saturated rings. The highest BCUT2D eigenvalue weighted by atomic mass is 16.2. The second-order valence-corrected chi connectivity index (χ2v) is 3.19. The Kier molecular flexibility index (Phi) is 4.10. The molecule has 13 heavy (non-hydrogen) atoms. The van der Waals surface area contributed by atoms with Gasteiger partial charge in [0.2, 0.25) is 0 Å². The maximum atomic E-state index is 11.4. The predicted molar refractivity (Wildman–Crippen MR) is 49.1 cm³/mol. The average Bonchev–Trinajstić information content (AvgIpc) is 2.19. The van der Waals surface area contributed by atoms with Crippen LogP contribution in [-0.2, 0) is 0 Å². The molecule has 1 saturated heterocycles. The Hall–Kier alpha value is -1.24. The van der Waals surface area contributed by atoms with Crippen LogP contribution in [0.2, 0.25) is 0 Å². The van der Waals surface area contributed by atoms with E-state index in [2.05, 4.69) is 5.32 Å². The molecular weight excluding hydrogens is 166 g/mol. The summed E-state index contributed by atoms with van der Waals surface area (Å²) in [4.78, 5) is 13.2. The molecule has 2 amide bonds. The molecule has 4 heteroatoms. The first-order chi connectivity index (χ1) is 6.34. The van der Waals surface area contributed by atoms with E-state index in [0.717, 1.165) is 25.9 Å². The monoisotopic (exact) mass is 181 g/mol. The van der Waals surface area contributed by atoms with E-state index < -0.39 is 0 Å². The van der Waals surface area contributed by atoms with Gasteiger partial charge in [-0.05, 0) is 19.3 Å². The van der Waals surface area contributed by atoms with Crippen LogP contribution in [0.15, 0.2) is 0 Å². The standard InChI is InChI=1S/C9H15N3O/c10-5-4-6-11-9(13)12-7-2-1-3-8-12/h1-4,6-8H2,(H,11,13). The van der Waals surface area contributed by atoms with Crippen LogP contribution in [0.4, 0.5) is 4.79 Å². The average molecular weight is 181 g/mol. The third-order valence-corrected chi connectivity index (χ3v) is 2.16. The number of amides is 2. The van der Waals surface area contributed by atoms with Crippen molar-refractivity contribution in [2.75, 3.05) is 19.6 Å². The summed E-state index contributed by atoms with van der Waals surface area (Å²) in [5.74, 6) is 0. The van der Waals surface area contributed by atoms with Gasteiger partial charge >= 0.3 is 6.03 Å². The molecule has 0 bridgehead atoms. The van der Waals surface area contributed by atoms with E-state index >= 15 is 0 Å². The van der Waals surface area contributed by atoms with Crippen LogP contribution in [-0.4, -0.2) is 30.6 Å². The number of carbonyl (C=O) groups is 1. The molecule has 0 aromatic heterocycles. The van der Waals surface area contributed by atoms with Gasteiger partial charge in [0.15, 0.2) is 0 Å². The minimum atomic E-state index is -0.0186. The summed E-state index contributed by atoms with van der Waals surface area (Å²) < 4.78 is 0. The summed E-state index contributed by atoms with van der Waals surface area (Å²) in [6.07, 6.45) is 3.82. The number of likely N-dealkylation sites (tertiary alicyclic amines) is 1. The highest BCUT2D eigenvalue weighted by Gasteiger charge is 2.14. The summed E-state index contributed by atoms with van der Waals surface area (Å²) >= 11 is 0. The largest absolute Gasteiger partial charge is 0.337 e. The number of nitrogens with zero attached hydrogens (tertiary/aromatic N) is 2. The van der Waals surface area contributed by atoms with Gasteiger partial charge in [0.25, 0.3) is 0 Å². The first-order valence-electron chi connectivity index (χ1n) is 4.74. The Bertz CT molecular complexity index is 203. The highest BCUT2D eigenvalue weighted by molar-refractivity contribution is 5.74. The van der Waals surface area contributed by atoms with Crippen molar-refractivity contribution in [2.24, 2.45) is 0 Å². The molecule has 1 aliphatic heterocycles. The van der Waals surface area contributed by atoms with E-state index in [9.17, 15) is 4.79 Å². The zero-order chi connectivity index (χ0) is 9.52. The van der Waals surface area contributed by atoms with Crippen LogP contribution in [0, 0.1) is 11.3 Å². The Balaban J connectivity index is 2.18. The maximum Gasteiger partial charge on any atom is 0.317 e. The Morgan fingerprint density at radius 2 is 2.08 bits per heavy atom. The number of hydrogen-bond donors (Lipinski definition) is 1. The summed E-state index contributed by atoms with van der Waals surface area (Å²) in [7, 11) is 0. The van der Waals surface area contributed by atoms with Crippen molar-refractivity contribution in [3.8, 4) is 6.07 Å². The molecular formula is C9H15N3O. The molecule has 4 nitrogen and oxygen atoms in total. The third kappa shape index (κ3) is 3.32. The van der Waals surface area contributed by atoms with Crippen LogP contribution in [0.25, 0.3) is 0 Å². The van der Waals surface area contributed by atoms with Gasteiger partial charge in [-0.2, -0.15) is 5.26 Å². The lowest BCUT2D eigenvalue weighted by atomic mass is 10.1. The Morgan fingerprint density at radius 1 is 1.38 bits per heavy atom. The van der Waals surface area contributed by atoms with Crippen molar-refractivity contribution >= 4 is 6.03 Å². The fourth-order valence-corrected chi connectivity index (χ4v) is 1.43. The van der Waals surface area contributed by atoms with Crippen molar-refractivity contribution in [1.82, 2.24) is 10.2 Å². The van der Waals surface area contributed by atoms with Gasteiger partial charge in [0.05, 0.1) is 12.5 Å². The summed E-state index contributed by atoms with van der Waals surface area (Å²) in [5.41, 5.74) is 0. The van der Waals surface area contributed by atoms with Gasteiger partial charge < -0.3 is 10.2 Å². The highest BCUT2D eigenvalue weighted by Crippen LogP contribution is 2.07. The molecule has 0 aromatic carbocycles. The van der Waals surface area contributed by atoms with Gasteiger partial charge in [-0.3, -0.25) is 0 Å². The van der Waals surface area contributed by atoms with Gasteiger partial charge in [-0.15, -0.1) is 0 Å². The minimum Gasteiger partial charge on any atom is -0.337 e. The van der Waals surface area contributed by atoms with E-state index in [1.54, 1.807) is 0 Å². The Morgan fingerprint density at radius 3 is 2.69 bits per heavy atom. The fraction of sp³-hybridized carbons (Fsp3) is 0.778. The van der Waals surface area contributed by atoms with Gasteiger partial charge in [0, 0.05) is 19.6 Å². The van der Waals surface area contributed by atoms with E-state index in [4.69, 9.17) is 5.26 Å². The number of piperidine rings is 1. The Labute approximate surface area is 78.5 Å². The fourth-order valence-electron chi connectivity index (χ4n) is 1.43. The van der Waals surface area contributed by atoms with E-state index in [-0.39, 0.29) is 6.03 Å². The zero-order valence-corrected chi connectivity index (χ0v) is 7.75. The molecule has 0 saturated carbocycles. The van der Waals surface area contributed by atoms with E-state index in [1.807, 2.05) is 11.0 Å². The number of carbonyl (C=O) groups excluding carboxylic acids is 1. The van der Waals surface area contributed by atoms with Crippen molar-refractivity contribution in [2.45, 2.75) is 25.7 Å². The number of rotatable bonds is 2. The molecule has 0 unspecified atom stereocenters. The molecule has 0 aliphatic carbocycles. The molecule has 1 heterocycles. The molecule has 0 atom stereocenters. The lowest BCUT2D eigenvalue weighted by Gasteiger charge is -2.26. The molecule has 1 rings (SSSR count). The van der Waals surface area contributed by atoms with Crippen molar-refractivity contribution in [3.63, 3.8) is 0 Å². The molecule has 72 valence electrons. The van der Waals surface area contributed by atoms with Crippen LogP contribution in [0.1, 0.15) is 25.7 Å². The normalized spacial score (nSPS) is 16.4. The predicted octanol–water partition coefficient (Wildman–Crippen LogP) is 1.10. The van der Waals surface area contributed by atoms with Crippen LogP contribution in [0.5, 0.6) is 0 Å². The minimum absolute atomic E-state index is 0.0186. The smallest absolute Gasteiger partial charge is 0.317 e. The van der Waals surface area contributed by atoms with Crippen LogP contribution >= 0.6 is 0 Å². The summed E-state index contributed by atoms with van der Waals surface area (Å²) in [5, 5.41) is 11.0. The van der Waals surface area contributed by atoms with Crippen molar-refractivity contribution in [3.05, 3.63) is 0 Å².